The highest BCUT2D eigenvalue weighted by Gasteiger charge is 2.34. The van der Waals surface area contributed by atoms with Gasteiger partial charge in [-0.2, -0.15) is 5.10 Å². The number of methoxy groups -OCH3 is 2. The molecule has 3 N–H and O–H groups in total. The summed E-state index contributed by atoms with van der Waals surface area (Å²) >= 11 is 0. The molecular formula is C18H22N4O8. The van der Waals surface area contributed by atoms with E-state index in [2.05, 4.69) is 15.7 Å². The normalized spacial score (nSPS) is 16.8. The van der Waals surface area contributed by atoms with Crippen molar-refractivity contribution in [3.63, 3.8) is 0 Å². The number of esters is 1. The summed E-state index contributed by atoms with van der Waals surface area (Å²) in [6.07, 6.45) is 1.39. The fourth-order valence-corrected chi connectivity index (χ4v) is 3.15. The fourth-order valence-electron chi connectivity index (χ4n) is 3.15. The summed E-state index contributed by atoms with van der Waals surface area (Å²) in [4.78, 5) is 28.3. The number of hydrogen-bond donors (Lipinski definition) is 2. The molecule has 2 heterocycles. The van der Waals surface area contributed by atoms with E-state index in [1.54, 1.807) is 6.92 Å². The van der Waals surface area contributed by atoms with E-state index in [4.69, 9.17) is 34.3 Å². The lowest BCUT2D eigenvalue weighted by molar-refractivity contribution is -0.135. The molecule has 0 saturated carbocycles. The molecule has 0 unspecified atom stereocenters. The van der Waals surface area contributed by atoms with E-state index in [-0.39, 0.29) is 32.0 Å². The Morgan fingerprint density at radius 3 is 2.60 bits per heavy atom. The zero-order valence-electron chi connectivity index (χ0n) is 16.7. The first kappa shape index (κ1) is 21.0. The maximum Gasteiger partial charge on any atom is 0.356 e. The summed E-state index contributed by atoms with van der Waals surface area (Å²) in [5.41, 5.74) is 8.45. The molecule has 0 radical (unpaired) electrons. The van der Waals surface area contributed by atoms with E-state index in [9.17, 15) is 9.59 Å². The van der Waals surface area contributed by atoms with Crippen molar-refractivity contribution in [2.45, 2.75) is 25.9 Å². The maximum atomic E-state index is 11.9. The Bertz CT molecular complexity index is 899. The highest BCUT2D eigenvalue weighted by Crippen LogP contribution is 2.52. The molecule has 2 aliphatic heterocycles. The van der Waals surface area contributed by atoms with Gasteiger partial charge in [-0.1, -0.05) is 5.16 Å². The second-order valence-corrected chi connectivity index (χ2v) is 6.15. The lowest BCUT2D eigenvalue weighted by atomic mass is 9.96. The molecular weight excluding hydrogens is 400 g/mol. The van der Waals surface area contributed by atoms with Gasteiger partial charge in [-0.05, 0) is 6.92 Å². The summed E-state index contributed by atoms with van der Waals surface area (Å²) in [7, 11) is 2.94. The van der Waals surface area contributed by atoms with Crippen LogP contribution in [0.2, 0.25) is 0 Å². The van der Waals surface area contributed by atoms with Crippen LogP contribution >= 0.6 is 0 Å². The molecule has 162 valence electrons. The van der Waals surface area contributed by atoms with Gasteiger partial charge in [0, 0.05) is 24.0 Å². The van der Waals surface area contributed by atoms with Gasteiger partial charge < -0.3 is 34.3 Å². The molecule has 0 fully saturated rings. The number of nitrogens with two attached hydrogens (primary N) is 1. The molecule has 1 aromatic carbocycles. The van der Waals surface area contributed by atoms with E-state index in [1.807, 2.05) is 0 Å². The minimum Gasteiger partial charge on any atom is -0.492 e. The third-order valence-corrected chi connectivity index (χ3v) is 4.32. The number of primary amides is 1. The summed E-state index contributed by atoms with van der Waals surface area (Å²) in [5, 5.41) is 7.65. The highest BCUT2D eigenvalue weighted by atomic mass is 16.7. The minimum atomic E-state index is -0.828. The standard InChI is InChI=1S/C18H22N4O8/c1-4-27-17(23)12-6-9(30-22-12)5-10-11(7-20-21-18(19)24)14(26-3)16-15(13(10)25-2)28-8-29-16/h7,9H,4-6,8H2,1-3H3,(H3,19,21,24)/b20-7+/t9-/m1/s1. The Morgan fingerprint density at radius 1 is 1.27 bits per heavy atom. The summed E-state index contributed by atoms with van der Waals surface area (Å²) in [6, 6.07) is -0.828. The number of nitrogens with zero attached hydrogens (tertiary/aromatic N) is 2. The average molecular weight is 422 g/mol. The number of rotatable bonds is 8. The SMILES string of the molecule is CCOC(=O)C1=NO[C@H](Cc2c(/C=N/NC(N)=O)c(OC)c3c(c2OC)OCO3)C1. The van der Waals surface area contributed by atoms with Crippen LogP contribution in [0, 0.1) is 0 Å². The average Bonchev–Trinajstić information content (AvgIpc) is 3.38. The van der Waals surface area contributed by atoms with Gasteiger partial charge in [0.15, 0.2) is 17.2 Å². The van der Waals surface area contributed by atoms with Crippen LogP contribution in [-0.2, 0) is 20.8 Å². The van der Waals surface area contributed by atoms with Gasteiger partial charge in [-0.25, -0.2) is 15.0 Å². The number of oxime groups is 1. The van der Waals surface area contributed by atoms with E-state index in [1.165, 1.54) is 20.4 Å². The molecule has 0 spiro atoms. The van der Waals surface area contributed by atoms with Crippen molar-refractivity contribution in [3.8, 4) is 23.0 Å². The van der Waals surface area contributed by atoms with Gasteiger partial charge in [0.2, 0.25) is 18.3 Å². The van der Waals surface area contributed by atoms with E-state index < -0.39 is 18.1 Å². The Hall–Kier alpha value is -3.70. The van der Waals surface area contributed by atoms with Crippen LogP contribution < -0.4 is 30.1 Å². The number of hydrazone groups is 1. The van der Waals surface area contributed by atoms with Crippen LogP contribution in [0.3, 0.4) is 0 Å². The number of benzene rings is 1. The van der Waals surface area contributed by atoms with E-state index in [0.29, 0.717) is 34.1 Å². The number of carbonyl (C=O) groups is 2. The molecule has 30 heavy (non-hydrogen) atoms. The van der Waals surface area contributed by atoms with Crippen molar-refractivity contribution in [1.82, 2.24) is 5.43 Å². The lowest BCUT2D eigenvalue weighted by Gasteiger charge is -2.19. The molecule has 3 rings (SSSR count). The van der Waals surface area contributed by atoms with Crippen LogP contribution in [0.5, 0.6) is 23.0 Å². The van der Waals surface area contributed by atoms with Crippen LogP contribution in [0.4, 0.5) is 4.79 Å². The van der Waals surface area contributed by atoms with Crippen molar-refractivity contribution in [2.24, 2.45) is 16.0 Å². The molecule has 1 atom stereocenters. The van der Waals surface area contributed by atoms with Crippen LogP contribution in [0.1, 0.15) is 24.5 Å². The number of urea groups is 1. The number of hydrogen-bond acceptors (Lipinski definition) is 10. The Labute approximate surface area is 171 Å². The van der Waals surface area contributed by atoms with Gasteiger partial charge in [-0.15, -0.1) is 0 Å². The molecule has 2 amide bonds. The summed E-state index contributed by atoms with van der Waals surface area (Å²) in [6.45, 7) is 1.93. The van der Waals surface area contributed by atoms with Crippen molar-refractivity contribution < 1.29 is 38.1 Å². The third-order valence-electron chi connectivity index (χ3n) is 4.32. The zero-order chi connectivity index (χ0) is 21.7. The number of amides is 2. The first-order valence-electron chi connectivity index (χ1n) is 9.04. The fraction of sp³-hybridized carbons (Fsp3) is 0.444. The van der Waals surface area contributed by atoms with Crippen LogP contribution in [0.15, 0.2) is 10.3 Å². The Balaban J connectivity index is 1.97. The van der Waals surface area contributed by atoms with Crippen LogP contribution in [0.25, 0.3) is 0 Å². The Kier molecular flexibility index (Phi) is 6.45. The van der Waals surface area contributed by atoms with Gasteiger partial charge in [0.1, 0.15) is 6.10 Å². The molecule has 0 aromatic heterocycles. The number of fused-ring (bicyclic) bond motifs is 1. The maximum absolute atomic E-state index is 11.9. The molecule has 12 nitrogen and oxygen atoms in total. The minimum absolute atomic E-state index is 0.0162. The topological polar surface area (TPSA) is 152 Å². The molecule has 1 aromatic rings. The third kappa shape index (κ3) is 4.16. The predicted molar refractivity (Wildman–Crippen MR) is 103 cm³/mol. The van der Waals surface area contributed by atoms with Gasteiger partial charge in [-0.3, -0.25) is 0 Å². The number of ether oxygens (including phenoxy) is 5. The summed E-state index contributed by atoms with van der Waals surface area (Å²) in [5.74, 6) is 0.904. The highest BCUT2D eigenvalue weighted by molar-refractivity contribution is 6.36. The van der Waals surface area contributed by atoms with Gasteiger partial charge in [0.05, 0.1) is 27.0 Å². The molecule has 12 heteroatoms. The van der Waals surface area contributed by atoms with E-state index in [0.717, 1.165) is 0 Å². The van der Waals surface area contributed by atoms with Crippen LogP contribution in [-0.4, -0.2) is 57.7 Å². The van der Waals surface area contributed by atoms with Crippen molar-refractivity contribution >= 4 is 23.9 Å². The first-order valence-corrected chi connectivity index (χ1v) is 9.04. The largest absolute Gasteiger partial charge is 0.492 e. The second kappa shape index (κ2) is 9.20. The molecule has 0 aliphatic carbocycles. The monoisotopic (exact) mass is 422 g/mol. The van der Waals surface area contributed by atoms with Crippen molar-refractivity contribution in [1.29, 1.82) is 0 Å². The summed E-state index contributed by atoms with van der Waals surface area (Å²) < 4.78 is 27.1. The molecule has 0 saturated heterocycles. The predicted octanol–water partition coefficient (Wildman–Crippen LogP) is 0.685. The van der Waals surface area contributed by atoms with Crippen molar-refractivity contribution in [2.75, 3.05) is 27.6 Å². The zero-order valence-corrected chi connectivity index (χ0v) is 16.7. The van der Waals surface area contributed by atoms with Gasteiger partial charge in [0.25, 0.3) is 0 Å². The van der Waals surface area contributed by atoms with Gasteiger partial charge >= 0.3 is 12.0 Å². The molecule has 2 aliphatic rings. The Morgan fingerprint density at radius 2 is 1.97 bits per heavy atom. The number of carbonyl (C=O) groups excluding carboxylic acids is 2. The second-order valence-electron chi connectivity index (χ2n) is 6.15. The lowest BCUT2D eigenvalue weighted by Crippen LogP contribution is -2.24. The quantitative estimate of drug-likeness (QED) is 0.352. The van der Waals surface area contributed by atoms with E-state index >= 15 is 0 Å². The van der Waals surface area contributed by atoms with Crippen molar-refractivity contribution in [3.05, 3.63) is 11.1 Å². The first-order chi connectivity index (χ1) is 14.5. The number of nitrogens with one attached hydrogen (secondary N) is 1. The molecule has 0 bridgehead atoms. The smallest absolute Gasteiger partial charge is 0.356 e.